The van der Waals surface area contributed by atoms with E-state index in [9.17, 15) is 18.7 Å². The Morgan fingerprint density at radius 3 is 2.44 bits per heavy atom. The molecule has 25 heavy (non-hydrogen) atoms. The normalized spacial score (nSPS) is 10.0. The second-order valence-electron chi connectivity index (χ2n) is 4.97. The highest BCUT2D eigenvalue weighted by Crippen LogP contribution is 2.27. The molecular formula is C17H15F2N3O2S. The molecule has 0 bridgehead atoms. The maximum atomic E-state index is 13.4. The lowest BCUT2D eigenvalue weighted by molar-refractivity contribution is 0.0941. The topological polar surface area (TPSA) is 73.4 Å². The summed E-state index contributed by atoms with van der Waals surface area (Å²) in [5.41, 5.74) is 5.30. The Hall–Kier alpha value is -3.00. The predicted octanol–water partition coefficient (Wildman–Crippen LogP) is 2.63. The molecule has 4 N–H and O–H groups in total. The predicted molar refractivity (Wildman–Crippen MR) is 94.9 cm³/mol. The van der Waals surface area contributed by atoms with Gasteiger partial charge in [0, 0.05) is 12.6 Å². The molecule has 8 heteroatoms. The number of amides is 1. The molecule has 130 valence electrons. The molecule has 0 saturated carbocycles. The van der Waals surface area contributed by atoms with Crippen molar-refractivity contribution >= 4 is 23.2 Å². The van der Waals surface area contributed by atoms with Gasteiger partial charge in [-0.1, -0.05) is 12.1 Å². The summed E-state index contributed by atoms with van der Waals surface area (Å²) in [5.74, 6) is -2.44. The number of hydrazine groups is 1. The molecule has 0 heterocycles. The number of hydrogen-bond acceptors (Lipinski definition) is 3. The van der Waals surface area contributed by atoms with E-state index in [4.69, 9.17) is 12.2 Å². The van der Waals surface area contributed by atoms with Gasteiger partial charge in [-0.05, 0) is 47.6 Å². The summed E-state index contributed by atoms with van der Waals surface area (Å²) in [6, 6.07) is 7.04. The minimum Gasteiger partial charge on any atom is -0.507 e. The smallest absolute Gasteiger partial charge is 0.273 e. The van der Waals surface area contributed by atoms with E-state index in [1.165, 1.54) is 18.2 Å². The van der Waals surface area contributed by atoms with E-state index in [1.54, 1.807) is 6.08 Å². The van der Waals surface area contributed by atoms with Crippen LogP contribution in [0.3, 0.4) is 0 Å². The molecule has 2 aromatic rings. The third-order valence-electron chi connectivity index (χ3n) is 3.13. The number of halogens is 2. The van der Waals surface area contributed by atoms with Gasteiger partial charge in [-0.2, -0.15) is 0 Å². The third kappa shape index (κ3) is 4.98. The average Bonchev–Trinajstić information content (AvgIpc) is 2.57. The lowest BCUT2D eigenvalue weighted by Crippen LogP contribution is -2.46. The Bertz CT molecular complexity index is 807. The van der Waals surface area contributed by atoms with Gasteiger partial charge in [-0.3, -0.25) is 15.6 Å². The maximum Gasteiger partial charge on any atom is 0.273 e. The van der Waals surface area contributed by atoms with Gasteiger partial charge in [0.15, 0.2) is 5.11 Å². The zero-order valence-corrected chi connectivity index (χ0v) is 13.8. The molecule has 0 aliphatic heterocycles. The maximum absolute atomic E-state index is 13.4. The van der Waals surface area contributed by atoms with Crippen LogP contribution in [0.5, 0.6) is 5.75 Å². The quantitative estimate of drug-likeness (QED) is 0.382. The summed E-state index contributed by atoms with van der Waals surface area (Å²) in [6.45, 7) is 3.92. The van der Waals surface area contributed by atoms with Crippen molar-refractivity contribution in [1.29, 1.82) is 0 Å². The van der Waals surface area contributed by atoms with Gasteiger partial charge in [0.05, 0.1) is 5.56 Å². The number of hydrogen-bond donors (Lipinski definition) is 4. The van der Waals surface area contributed by atoms with Crippen molar-refractivity contribution in [3.05, 3.63) is 66.3 Å². The fourth-order valence-corrected chi connectivity index (χ4v) is 2.14. The Morgan fingerprint density at radius 2 is 1.80 bits per heavy atom. The summed E-state index contributed by atoms with van der Waals surface area (Å²) < 4.78 is 26.7. The molecule has 2 aromatic carbocycles. The average molecular weight is 363 g/mol. The Kier molecular flexibility index (Phi) is 6.02. The molecule has 2 rings (SSSR count). The van der Waals surface area contributed by atoms with Crippen molar-refractivity contribution < 1.29 is 18.7 Å². The number of nitrogens with one attached hydrogen (secondary N) is 3. The number of phenols is 1. The van der Waals surface area contributed by atoms with Crippen molar-refractivity contribution in [3.8, 4) is 16.9 Å². The van der Waals surface area contributed by atoms with Gasteiger partial charge >= 0.3 is 0 Å². The molecule has 1 amide bonds. The largest absolute Gasteiger partial charge is 0.507 e. The zero-order chi connectivity index (χ0) is 18.4. The van der Waals surface area contributed by atoms with E-state index >= 15 is 0 Å². The van der Waals surface area contributed by atoms with Crippen LogP contribution in [0.15, 0.2) is 49.1 Å². The van der Waals surface area contributed by atoms with Crippen LogP contribution < -0.4 is 16.2 Å². The lowest BCUT2D eigenvalue weighted by Gasteiger charge is -2.12. The molecule has 0 aromatic heterocycles. The number of rotatable bonds is 4. The first-order chi connectivity index (χ1) is 11.9. The van der Waals surface area contributed by atoms with Crippen LogP contribution in [-0.2, 0) is 0 Å². The van der Waals surface area contributed by atoms with Crippen LogP contribution in [0.25, 0.3) is 11.1 Å². The minimum absolute atomic E-state index is 0.0822. The van der Waals surface area contributed by atoms with Gasteiger partial charge in [-0.15, -0.1) is 6.58 Å². The summed E-state index contributed by atoms with van der Waals surface area (Å²) in [4.78, 5) is 12.2. The van der Waals surface area contributed by atoms with Gasteiger partial charge in [0.25, 0.3) is 5.91 Å². The highest BCUT2D eigenvalue weighted by Gasteiger charge is 2.14. The van der Waals surface area contributed by atoms with Crippen LogP contribution in [0, 0.1) is 11.6 Å². The van der Waals surface area contributed by atoms with Gasteiger partial charge in [0.2, 0.25) is 0 Å². The molecule has 0 radical (unpaired) electrons. The second kappa shape index (κ2) is 8.20. The van der Waals surface area contributed by atoms with E-state index in [1.807, 2.05) is 0 Å². The molecule has 0 unspecified atom stereocenters. The summed E-state index contributed by atoms with van der Waals surface area (Å²) in [6.07, 6.45) is 1.59. The van der Waals surface area contributed by atoms with Gasteiger partial charge in [0.1, 0.15) is 17.4 Å². The van der Waals surface area contributed by atoms with Crippen LogP contribution in [0.1, 0.15) is 10.4 Å². The Balaban J connectivity index is 2.19. The molecule has 0 spiro atoms. The molecule has 5 nitrogen and oxygen atoms in total. The Morgan fingerprint density at radius 1 is 1.12 bits per heavy atom. The summed E-state index contributed by atoms with van der Waals surface area (Å²) >= 11 is 4.92. The fraction of sp³-hybridized carbons (Fsp3) is 0.0588. The van der Waals surface area contributed by atoms with Crippen LogP contribution >= 0.6 is 12.2 Å². The van der Waals surface area contributed by atoms with Crippen LogP contribution in [0.2, 0.25) is 0 Å². The molecule has 0 saturated heterocycles. The lowest BCUT2D eigenvalue weighted by atomic mass is 10.0. The fourth-order valence-electron chi connectivity index (χ4n) is 2.01. The zero-order valence-electron chi connectivity index (χ0n) is 13.0. The number of phenolic OH excluding ortho intramolecular Hbond substituents is 1. The highest BCUT2D eigenvalue weighted by atomic mass is 32.1. The first-order valence-electron chi connectivity index (χ1n) is 7.15. The summed E-state index contributed by atoms with van der Waals surface area (Å²) in [5, 5.41) is 12.8. The first-order valence-corrected chi connectivity index (χ1v) is 7.56. The van der Waals surface area contributed by atoms with Crippen LogP contribution in [0.4, 0.5) is 8.78 Å². The van der Waals surface area contributed by atoms with Gasteiger partial charge < -0.3 is 10.4 Å². The number of carbonyl (C=O) groups is 1. The minimum atomic E-state index is -0.741. The number of thiocarbonyl (C=S) groups is 1. The van der Waals surface area contributed by atoms with Gasteiger partial charge in [-0.25, -0.2) is 8.78 Å². The SMILES string of the molecule is C=CCNC(=S)NNC(=O)c1cc(-c2cc(F)cc(F)c2)ccc1O. The number of aromatic hydroxyl groups is 1. The number of carbonyl (C=O) groups excluding carboxylic acids is 1. The highest BCUT2D eigenvalue weighted by molar-refractivity contribution is 7.80. The second-order valence-corrected chi connectivity index (χ2v) is 5.38. The third-order valence-corrected chi connectivity index (χ3v) is 3.38. The Labute approximate surface area is 148 Å². The summed E-state index contributed by atoms with van der Waals surface area (Å²) in [7, 11) is 0. The van der Waals surface area contributed by atoms with E-state index in [0.29, 0.717) is 12.1 Å². The van der Waals surface area contributed by atoms with E-state index < -0.39 is 17.5 Å². The number of benzene rings is 2. The van der Waals surface area contributed by atoms with Crippen molar-refractivity contribution in [2.75, 3.05) is 6.54 Å². The monoisotopic (exact) mass is 363 g/mol. The standard InChI is InChI=1S/C17H15F2N3O2S/c1-2-5-20-17(25)22-21-16(24)14-8-10(3-4-15(14)23)11-6-12(18)9-13(19)7-11/h2-4,6-9,23H,1,5H2,(H,21,24)(H2,20,22,25). The molecular weight excluding hydrogens is 348 g/mol. The van der Waals surface area contributed by atoms with Crippen LogP contribution in [-0.4, -0.2) is 22.7 Å². The van der Waals surface area contributed by atoms with Crippen molar-refractivity contribution in [3.63, 3.8) is 0 Å². The van der Waals surface area contributed by atoms with E-state index in [2.05, 4.69) is 22.7 Å². The van der Waals surface area contributed by atoms with Crippen molar-refractivity contribution in [1.82, 2.24) is 16.2 Å². The van der Waals surface area contributed by atoms with E-state index in [0.717, 1.165) is 18.2 Å². The molecule has 0 aliphatic rings. The first kappa shape index (κ1) is 18.3. The van der Waals surface area contributed by atoms with Crippen molar-refractivity contribution in [2.24, 2.45) is 0 Å². The van der Waals surface area contributed by atoms with E-state index in [-0.39, 0.29) is 22.0 Å². The molecule has 0 atom stereocenters. The van der Waals surface area contributed by atoms with Crippen molar-refractivity contribution in [2.45, 2.75) is 0 Å². The molecule has 0 aliphatic carbocycles. The molecule has 0 fully saturated rings.